The van der Waals surface area contributed by atoms with Crippen LogP contribution in [0.2, 0.25) is 0 Å². The summed E-state index contributed by atoms with van der Waals surface area (Å²) >= 11 is 4.29. The van der Waals surface area contributed by atoms with Crippen molar-refractivity contribution < 1.29 is 9.47 Å². The number of hydrogen-bond donors (Lipinski definition) is 1. The lowest BCUT2D eigenvalue weighted by Gasteiger charge is -2.09. The molecule has 2 rings (SSSR count). The third-order valence-electron chi connectivity index (χ3n) is 2.41. The van der Waals surface area contributed by atoms with E-state index < -0.39 is 0 Å². The molecule has 0 saturated carbocycles. The van der Waals surface area contributed by atoms with E-state index in [0.29, 0.717) is 18.5 Å². The number of benzene rings is 1. The average molecular weight is 210 g/mol. The highest BCUT2D eigenvalue weighted by atomic mass is 32.1. The summed E-state index contributed by atoms with van der Waals surface area (Å²) in [7, 11) is 0. The maximum Gasteiger partial charge on any atom is 0.231 e. The standard InChI is InChI=1S/C11H14O2S/c1-7(2)8-3-9(5-14)11-10(4-8)12-6-13-11/h3-4,7,14H,5-6H2,1-2H3. The Morgan fingerprint density at radius 2 is 2.14 bits per heavy atom. The Bertz CT molecular complexity index is 347. The molecule has 0 bridgehead atoms. The minimum Gasteiger partial charge on any atom is -0.454 e. The fraction of sp³-hybridized carbons (Fsp3) is 0.455. The molecule has 76 valence electrons. The van der Waals surface area contributed by atoms with E-state index in [4.69, 9.17) is 9.47 Å². The first kappa shape index (κ1) is 9.71. The molecule has 0 aliphatic carbocycles. The molecular weight excluding hydrogens is 196 g/mol. The van der Waals surface area contributed by atoms with Crippen LogP contribution in [0.4, 0.5) is 0 Å². The molecular formula is C11H14O2S. The molecule has 0 aromatic heterocycles. The molecule has 0 atom stereocenters. The summed E-state index contributed by atoms with van der Waals surface area (Å²) in [6.45, 7) is 4.66. The second kappa shape index (κ2) is 3.73. The molecule has 2 nitrogen and oxygen atoms in total. The summed E-state index contributed by atoms with van der Waals surface area (Å²) in [5.41, 5.74) is 2.39. The van der Waals surface area contributed by atoms with Gasteiger partial charge in [0.1, 0.15) is 0 Å². The Morgan fingerprint density at radius 3 is 2.79 bits per heavy atom. The second-order valence-corrected chi connectivity index (χ2v) is 4.04. The van der Waals surface area contributed by atoms with Gasteiger partial charge in [-0.05, 0) is 17.5 Å². The molecule has 0 unspecified atom stereocenters. The van der Waals surface area contributed by atoms with Gasteiger partial charge < -0.3 is 9.47 Å². The van der Waals surface area contributed by atoms with E-state index in [9.17, 15) is 0 Å². The van der Waals surface area contributed by atoms with E-state index >= 15 is 0 Å². The SMILES string of the molecule is CC(C)c1cc(CS)c2c(c1)OCO2. The predicted octanol–water partition coefficient (Wildman–Crippen LogP) is 2.97. The van der Waals surface area contributed by atoms with Gasteiger partial charge in [-0.25, -0.2) is 0 Å². The molecule has 1 aliphatic rings. The molecule has 0 radical (unpaired) electrons. The Labute approximate surface area is 89.6 Å². The first-order chi connectivity index (χ1) is 6.72. The molecule has 1 heterocycles. The largest absolute Gasteiger partial charge is 0.454 e. The normalized spacial score (nSPS) is 13.7. The van der Waals surface area contributed by atoms with E-state index in [1.807, 2.05) is 0 Å². The fourth-order valence-electron chi connectivity index (χ4n) is 1.56. The lowest BCUT2D eigenvalue weighted by atomic mass is 10.0. The van der Waals surface area contributed by atoms with Crippen LogP contribution in [0.25, 0.3) is 0 Å². The maximum atomic E-state index is 5.38. The summed E-state index contributed by atoms with van der Waals surface area (Å²) in [4.78, 5) is 0. The number of thiol groups is 1. The first-order valence-electron chi connectivity index (χ1n) is 4.75. The highest BCUT2D eigenvalue weighted by Gasteiger charge is 2.19. The highest BCUT2D eigenvalue weighted by Crippen LogP contribution is 2.39. The lowest BCUT2D eigenvalue weighted by molar-refractivity contribution is 0.173. The number of hydrogen-bond acceptors (Lipinski definition) is 3. The molecule has 0 fully saturated rings. The van der Waals surface area contributed by atoms with Gasteiger partial charge >= 0.3 is 0 Å². The van der Waals surface area contributed by atoms with E-state index in [0.717, 1.165) is 17.1 Å². The molecule has 14 heavy (non-hydrogen) atoms. The molecule has 1 aromatic carbocycles. The van der Waals surface area contributed by atoms with Gasteiger partial charge in [-0.3, -0.25) is 0 Å². The van der Waals surface area contributed by atoms with E-state index in [2.05, 4.69) is 38.6 Å². The van der Waals surface area contributed by atoms with Crippen molar-refractivity contribution in [3.8, 4) is 11.5 Å². The number of fused-ring (bicyclic) bond motifs is 1. The number of rotatable bonds is 2. The fourth-order valence-corrected chi connectivity index (χ4v) is 1.79. The van der Waals surface area contributed by atoms with E-state index in [-0.39, 0.29) is 0 Å². The van der Waals surface area contributed by atoms with Crippen molar-refractivity contribution in [2.45, 2.75) is 25.5 Å². The topological polar surface area (TPSA) is 18.5 Å². The Balaban J connectivity index is 2.49. The van der Waals surface area contributed by atoms with Crippen LogP contribution >= 0.6 is 12.6 Å². The van der Waals surface area contributed by atoms with Gasteiger partial charge in [-0.2, -0.15) is 12.6 Å². The molecule has 0 N–H and O–H groups in total. The zero-order chi connectivity index (χ0) is 10.1. The molecule has 1 aliphatic heterocycles. The highest BCUT2D eigenvalue weighted by molar-refractivity contribution is 7.79. The van der Waals surface area contributed by atoms with Crippen LogP contribution < -0.4 is 9.47 Å². The summed E-state index contributed by atoms with van der Waals surface area (Å²) in [6, 6.07) is 4.20. The Kier molecular flexibility index (Phi) is 2.59. The molecule has 0 spiro atoms. The van der Waals surface area contributed by atoms with Gasteiger partial charge in [-0.1, -0.05) is 19.9 Å². The average Bonchev–Trinajstić information content (AvgIpc) is 2.63. The zero-order valence-electron chi connectivity index (χ0n) is 8.41. The summed E-state index contributed by atoms with van der Waals surface area (Å²) in [5.74, 6) is 2.92. The van der Waals surface area contributed by atoms with Gasteiger partial charge in [0.15, 0.2) is 11.5 Å². The van der Waals surface area contributed by atoms with Crippen LogP contribution in [0.5, 0.6) is 11.5 Å². The molecule has 3 heteroatoms. The van der Waals surface area contributed by atoms with E-state index in [1.54, 1.807) is 0 Å². The van der Waals surface area contributed by atoms with Crippen molar-refractivity contribution >= 4 is 12.6 Å². The Hall–Kier alpha value is -0.830. The van der Waals surface area contributed by atoms with Gasteiger partial charge in [0.05, 0.1) is 0 Å². The first-order valence-corrected chi connectivity index (χ1v) is 5.39. The van der Waals surface area contributed by atoms with Gasteiger partial charge in [0, 0.05) is 11.3 Å². The van der Waals surface area contributed by atoms with Crippen LogP contribution in [-0.4, -0.2) is 6.79 Å². The van der Waals surface area contributed by atoms with Gasteiger partial charge in [-0.15, -0.1) is 0 Å². The van der Waals surface area contributed by atoms with Crippen LogP contribution in [0.1, 0.15) is 30.9 Å². The van der Waals surface area contributed by atoms with Crippen LogP contribution in [0.3, 0.4) is 0 Å². The van der Waals surface area contributed by atoms with Crippen molar-refractivity contribution in [1.29, 1.82) is 0 Å². The smallest absolute Gasteiger partial charge is 0.231 e. The Morgan fingerprint density at radius 1 is 1.36 bits per heavy atom. The van der Waals surface area contributed by atoms with Crippen molar-refractivity contribution in [1.82, 2.24) is 0 Å². The zero-order valence-corrected chi connectivity index (χ0v) is 9.30. The van der Waals surface area contributed by atoms with Crippen LogP contribution in [0.15, 0.2) is 12.1 Å². The van der Waals surface area contributed by atoms with Gasteiger partial charge in [0.25, 0.3) is 0 Å². The predicted molar refractivity (Wildman–Crippen MR) is 59.3 cm³/mol. The minimum atomic E-state index is 0.331. The minimum absolute atomic E-state index is 0.331. The monoisotopic (exact) mass is 210 g/mol. The summed E-state index contributed by atoms with van der Waals surface area (Å²) < 4.78 is 10.8. The van der Waals surface area contributed by atoms with Crippen molar-refractivity contribution in [2.24, 2.45) is 0 Å². The van der Waals surface area contributed by atoms with Gasteiger partial charge in [0.2, 0.25) is 6.79 Å². The van der Waals surface area contributed by atoms with Crippen molar-refractivity contribution in [2.75, 3.05) is 6.79 Å². The third-order valence-corrected chi connectivity index (χ3v) is 2.75. The van der Waals surface area contributed by atoms with Crippen molar-refractivity contribution in [3.63, 3.8) is 0 Å². The van der Waals surface area contributed by atoms with Crippen LogP contribution in [0, 0.1) is 0 Å². The molecule has 0 saturated heterocycles. The summed E-state index contributed by atoms with van der Waals surface area (Å²) in [6.07, 6.45) is 0. The molecule has 1 aromatic rings. The van der Waals surface area contributed by atoms with Crippen LogP contribution in [-0.2, 0) is 5.75 Å². The number of ether oxygens (including phenoxy) is 2. The molecule has 0 amide bonds. The summed E-state index contributed by atoms with van der Waals surface area (Å²) in [5, 5.41) is 0. The quantitative estimate of drug-likeness (QED) is 0.756. The maximum absolute atomic E-state index is 5.38. The van der Waals surface area contributed by atoms with E-state index in [1.165, 1.54) is 5.56 Å². The second-order valence-electron chi connectivity index (χ2n) is 3.73. The van der Waals surface area contributed by atoms with Crippen molar-refractivity contribution in [3.05, 3.63) is 23.3 Å². The lowest BCUT2D eigenvalue weighted by Crippen LogP contribution is -1.93. The third kappa shape index (κ3) is 1.57.